The minimum Gasteiger partial charge on any atom is -0.325 e. The van der Waals surface area contributed by atoms with Gasteiger partial charge in [0.25, 0.3) is 0 Å². The summed E-state index contributed by atoms with van der Waals surface area (Å²) in [6.45, 7) is 9.29. The van der Waals surface area contributed by atoms with E-state index in [1.54, 1.807) is 0 Å². The number of piperidine rings is 1. The predicted octanol–water partition coefficient (Wildman–Crippen LogP) is 1.70. The molecule has 0 aromatic carbocycles. The number of nitrogens with one attached hydrogen (secondary N) is 1. The Hall–Kier alpha value is -0.150. The van der Waals surface area contributed by atoms with Crippen molar-refractivity contribution in [2.24, 2.45) is 5.73 Å². The van der Waals surface area contributed by atoms with E-state index < -0.39 is 6.17 Å². The summed E-state index contributed by atoms with van der Waals surface area (Å²) in [7, 11) is 0. The molecule has 0 aliphatic carbocycles. The molecule has 0 saturated carbocycles. The summed E-state index contributed by atoms with van der Waals surface area (Å²) in [6.07, 6.45) is -0.0648. The molecule has 2 atom stereocenters. The van der Waals surface area contributed by atoms with E-state index in [9.17, 15) is 4.39 Å². The van der Waals surface area contributed by atoms with E-state index in [1.807, 2.05) is 27.7 Å². The molecule has 2 unspecified atom stereocenters. The highest BCUT2D eigenvalue weighted by Gasteiger charge is 2.19. The van der Waals surface area contributed by atoms with Crippen LogP contribution in [0.15, 0.2) is 0 Å². The van der Waals surface area contributed by atoms with E-state index in [4.69, 9.17) is 5.73 Å². The van der Waals surface area contributed by atoms with E-state index in [1.165, 1.54) is 0 Å². The zero-order valence-corrected chi connectivity index (χ0v) is 8.73. The van der Waals surface area contributed by atoms with Crippen LogP contribution in [0, 0.1) is 0 Å². The molecule has 1 aliphatic rings. The van der Waals surface area contributed by atoms with Crippen molar-refractivity contribution in [1.82, 2.24) is 5.32 Å². The number of nitrogens with two attached hydrogens (primary N) is 1. The Morgan fingerprint density at radius 1 is 1.25 bits per heavy atom. The van der Waals surface area contributed by atoms with E-state index in [0.29, 0.717) is 6.54 Å². The fourth-order valence-electron chi connectivity index (χ4n) is 0.841. The van der Waals surface area contributed by atoms with Crippen LogP contribution < -0.4 is 11.1 Å². The van der Waals surface area contributed by atoms with Crippen molar-refractivity contribution in [3.05, 3.63) is 0 Å². The Morgan fingerprint density at radius 3 is 2.00 bits per heavy atom. The maximum atomic E-state index is 12.4. The van der Waals surface area contributed by atoms with Crippen LogP contribution in [0.3, 0.4) is 0 Å². The molecule has 12 heavy (non-hydrogen) atoms. The van der Waals surface area contributed by atoms with Crippen LogP contribution in [0.2, 0.25) is 0 Å². The Kier molecular flexibility index (Phi) is 13.0. The maximum Gasteiger partial charge on any atom is 0.128 e. The number of hydrogen-bond acceptors (Lipinski definition) is 2. The third-order valence-corrected chi connectivity index (χ3v) is 1.46. The molecular formula is C9H23FN2. The molecule has 0 radical (unpaired) electrons. The molecule has 1 heterocycles. The van der Waals surface area contributed by atoms with Gasteiger partial charge in [-0.1, -0.05) is 27.7 Å². The lowest BCUT2D eigenvalue weighted by molar-refractivity contribution is 0.233. The van der Waals surface area contributed by atoms with Gasteiger partial charge in [-0.3, -0.25) is 0 Å². The first-order valence-corrected chi connectivity index (χ1v) is 4.91. The summed E-state index contributed by atoms with van der Waals surface area (Å²) in [5.74, 6) is 0. The fourth-order valence-corrected chi connectivity index (χ4v) is 0.841. The zero-order chi connectivity index (χ0) is 9.98. The summed E-state index contributed by atoms with van der Waals surface area (Å²) >= 11 is 0. The standard InChI is InChI=1S/C5H11FN2.2C2H6/c6-4-3-8-2-1-5(4)7;2*1-2/h4-5,8H,1-3,7H2;2*1-2H3. The molecule has 1 saturated heterocycles. The average molecular weight is 178 g/mol. The summed E-state index contributed by atoms with van der Waals surface area (Å²) < 4.78 is 12.4. The minimum absolute atomic E-state index is 0.226. The van der Waals surface area contributed by atoms with Gasteiger partial charge in [-0.2, -0.15) is 0 Å². The van der Waals surface area contributed by atoms with Crippen LogP contribution in [0.1, 0.15) is 34.1 Å². The van der Waals surface area contributed by atoms with E-state index in [-0.39, 0.29) is 6.04 Å². The first-order chi connectivity index (χ1) is 5.80. The molecule has 2 nitrogen and oxygen atoms in total. The van der Waals surface area contributed by atoms with Crippen molar-refractivity contribution in [1.29, 1.82) is 0 Å². The number of rotatable bonds is 0. The van der Waals surface area contributed by atoms with Gasteiger partial charge in [0.1, 0.15) is 6.17 Å². The van der Waals surface area contributed by atoms with Gasteiger partial charge in [-0.05, 0) is 13.0 Å². The lowest BCUT2D eigenvalue weighted by Crippen LogP contribution is -2.46. The molecule has 0 aromatic rings. The summed E-state index contributed by atoms with van der Waals surface area (Å²) in [5, 5.41) is 2.91. The van der Waals surface area contributed by atoms with Gasteiger partial charge in [0.15, 0.2) is 0 Å². The van der Waals surface area contributed by atoms with Gasteiger partial charge in [-0.15, -0.1) is 0 Å². The van der Waals surface area contributed by atoms with Crippen molar-refractivity contribution in [3.63, 3.8) is 0 Å². The molecule has 76 valence electrons. The van der Waals surface area contributed by atoms with Gasteiger partial charge in [0, 0.05) is 12.6 Å². The highest BCUT2D eigenvalue weighted by atomic mass is 19.1. The Balaban J connectivity index is 0. The highest BCUT2D eigenvalue weighted by Crippen LogP contribution is 2.03. The quantitative estimate of drug-likeness (QED) is 0.592. The normalized spacial score (nSPS) is 27.5. The molecule has 0 aromatic heterocycles. The van der Waals surface area contributed by atoms with Gasteiger partial charge in [0.05, 0.1) is 0 Å². The second-order valence-electron chi connectivity index (χ2n) is 2.17. The molecule has 1 fully saturated rings. The van der Waals surface area contributed by atoms with E-state index >= 15 is 0 Å². The van der Waals surface area contributed by atoms with Crippen molar-refractivity contribution in [2.45, 2.75) is 46.3 Å². The molecule has 0 bridgehead atoms. The average Bonchev–Trinajstić information content (AvgIpc) is 2.17. The minimum atomic E-state index is -0.830. The summed E-state index contributed by atoms with van der Waals surface area (Å²) in [4.78, 5) is 0. The molecule has 0 amide bonds. The first-order valence-electron chi connectivity index (χ1n) is 4.91. The van der Waals surface area contributed by atoms with Crippen molar-refractivity contribution < 1.29 is 4.39 Å². The van der Waals surface area contributed by atoms with E-state index in [2.05, 4.69) is 5.32 Å². The third-order valence-electron chi connectivity index (χ3n) is 1.46. The summed E-state index contributed by atoms with van der Waals surface area (Å²) in [5.41, 5.74) is 5.36. The molecule has 1 rings (SSSR count). The Bertz CT molecular complexity index is 68.9. The van der Waals surface area contributed by atoms with Gasteiger partial charge >= 0.3 is 0 Å². The lowest BCUT2D eigenvalue weighted by atomic mass is 10.1. The molecule has 1 aliphatic heterocycles. The van der Waals surface area contributed by atoms with Crippen LogP contribution in [0.25, 0.3) is 0 Å². The number of alkyl halides is 1. The van der Waals surface area contributed by atoms with Crippen LogP contribution in [-0.4, -0.2) is 25.3 Å². The zero-order valence-electron chi connectivity index (χ0n) is 8.73. The lowest BCUT2D eigenvalue weighted by Gasteiger charge is -2.22. The largest absolute Gasteiger partial charge is 0.325 e. The number of hydrogen-bond donors (Lipinski definition) is 2. The maximum absolute atomic E-state index is 12.4. The fraction of sp³-hybridized carbons (Fsp3) is 1.00. The molecule has 0 spiro atoms. The predicted molar refractivity (Wildman–Crippen MR) is 53.1 cm³/mol. The topological polar surface area (TPSA) is 38.0 Å². The molecule has 3 N–H and O–H groups in total. The van der Waals surface area contributed by atoms with Crippen molar-refractivity contribution >= 4 is 0 Å². The van der Waals surface area contributed by atoms with Gasteiger partial charge < -0.3 is 11.1 Å². The monoisotopic (exact) mass is 178 g/mol. The van der Waals surface area contributed by atoms with Crippen LogP contribution in [0.4, 0.5) is 4.39 Å². The Morgan fingerprint density at radius 2 is 1.75 bits per heavy atom. The summed E-state index contributed by atoms with van der Waals surface area (Å²) in [6, 6.07) is -0.226. The SMILES string of the molecule is CC.CC.NC1CCNCC1F. The van der Waals surface area contributed by atoms with Gasteiger partial charge in [0.2, 0.25) is 0 Å². The van der Waals surface area contributed by atoms with Gasteiger partial charge in [-0.25, -0.2) is 4.39 Å². The second kappa shape index (κ2) is 10.8. The third kappa shape index (κ3) is 6.55. The molecule has 3 heteroatoms. The van der Waals surface area contributed by atoms with E-state index in [0.717, 1.165) is 13.0 Å². The van der Waals surface area contributed by atoms with Crippen LogP contribution >= 0.6 is 0 Å². The second-order valence-corrected chi connectivity index (χ2v) is 2.17. The smallest absolute Gasteiger partial charge is 0.128 e. The number of halogens is 1. The van der Waals surface area contributed by atoms with Crippen LogP contribution in [-0.2, 0) is 0 Å². The highest BCUT2D eigenvalue weighted by molar-refractivity contribution is 4.79. The van der Waals surface area contributed by atoms with Crippen molar-refractivity contribution in [2.75, 3.05) is 13.1 Å². The Labute approximate surface area is 75.7 Å². The molecular weight excluding hydrogens is 155 g/mol. The van der Waals surface area contributed by atoms with Crippen LogP contribution in [0.5, 0.6) is 0 Å². The van der Waals surface area contributed by atoms with Crippen molar-refractivity contribution in [3.8, 4) is 0 Å². The first kappa shape index (κ1) is 14.4.